The second kappa shape index (κ2) is 6.58. The molecule has 3 heterocycles. The monoisotopic (exact) mass is 342 g/mol. The maximum absolute atomic E-state index is 12.5. The molecule has 1 aromatic rings. The lowest BCUT2D eigenvalue weighted by molar-refractivity contribution is -0.140. The molecule has 0 aromatic carbocycles. The molecule has 1 amide bonds. The highest BCUT2D eigenvalue weighted by Gasteiger charge is 2.44. The van der Waals surface area contributed by atoms with Gasteiger partial charge in [-0.15, -0.1) is 0 Å². The molecule has 25 heavy (non-hydrogen) atoms. The smallest absolute Gasteiger partial charge is 0.222 e. The topological polar surface area (TPSA) is 49.3 Å². The number of piperidine rings is 2. The molecule has 2 aliphatic heterocycles. The fraction of sp³-hybridized carbons (Fsp3) is 0.750. The predicted molar refractivity (Wildman–Crippen MR) is 98.6 cm³/mol. The minimum Gasteiger partial charge on any atom is -0.356 e. The van der Waals surface area contributed by atoms with Gasteiger partial charge in [0.1, 0.15) is 12.1 Å². The van der Waals surface area contributed by atoms with Gasteiger partial charge in [0.15, 0.2) is 0 Å². The third kappa shape index (κ3) is 3.13. The summed E-state index contributed by atoms with van der Waals surface area (Å²) in [5.74, 6) is 1.49. The maximum Gasteiger partial charge on any atom is 0.222 e. The third-order valence-corrected chi connectivity index (χ3v) is 6.73. The Morgan fingerprint density at radius 2 is 1.88 bits per heavy atom. The van der Waals surface area contributed by atoms with Gasteiger partial charge < -0.3 is 9.80 Å². The Morgan fingerprint density at radius 3 is 2.68 bits per heavy atom. The van der Waals surface area contributed by atoms with Crippen molar-refractivity contribution in [3.8, 4) is 0 Å². The summed E-state index contributed by atoms with van der Waals surface area (Å²) in [7, 11) is 0. The van der Waals surface area contributed by atoms with E-state index in [-0.39, 0.29) is 5.41 Å². The molecule has 1 aliphatic carbocycles. The van der Waals surface area contributed by atoms with Crippen molar-refractivity contribution < 1.29 is 4.79 Å². The second-order valence-corrected chi connectivity index (χ2v) is 8.39. The molecule has 3 aliphatic rings. The first-order chi connectivity index (χ1) is 12.1. The Bertz CT molecular complexity index is 655. The van der Waals surface area contributed by atoms with E-state index in [1.165, 1.54) is 44.1 Å². The molecule has 0 radical (unpaired) electrons. The number of nitrogens with zero attached hydrogens (tertiary/aromatic N) is 4. The molecule has 2 saturated heterocycles. The van der Waals surface area contributed by atoms with Gasteiger partial charge in [-0.1, -0.05) is 12.8 Å². The van der Waals surface area contributed by atoms with Crippen LogP contribution in [0.4, 0.5) is 5.82 Å². The zero-order valence-corrected chi connectivity index (χ0v) is 15.6. The van der Waals surface area contributed by atoms with Crippen molar-refractivity contribution in [3.63, 3.8) is 0 Å². The van der Waals surface area contributed by atoms with E-state index in [0.29, 0.717) is 11.9 Å². The minimum absolute atomic E-state index is 0.250. The minimum atomic E-state index is 0.250. The zero-order valence-electron chi connectivity index (χ0n) is 15.6. The van der Waals surface area contributed by atoms with E-state index in [9.17, 15) is 4.79 Å². The van der Waals surface area contributed by atoms with Crippen LogP contribution in [0.2, 0.25) is 0 Å². The number of carbonyl (C=O) groups is 1. The van der Waals surface area contributed by atoms with Gasteiger partial charge in [0.2, 0.25) is 5.91 Å². The number of rotatable bonds is 2. The largest absolute Gasteiger partial charge is 0.356 e. The fourth-order valence-corrected chi connectivity index (χ4v) is 5.16. The highest BCUT2D eigenvalue weighted by molar-refractivity contribution is 5.77. The Hall–Kier alpha value is -1.65. The van der Waals surface area contributed by atoms with Crippen LogP contribution in [0, 0.1) is 19.3 Å². The lowest BCUT2D eigenvalue weighted by Crippen LogP contribution is -2.56. The number of aromatic nitrogens is 2. The number of carbonyl (C=O) groups excluding carboxylic acids is 1. The molecule has 136 valence electrons. The van der Waals surface area contributed by atoms with Crippen molar-refractivity contribution >= 4 is 11.7 Å². The molecule has 0 N–H and O–H groups in total. The van der Waals surface area contributed by atoms with Crippen molar-refractivity contribution in [3.05, 3.63) is 17.6 Å². The first-order valence-electron chi connectivity index (χ1n) is 9.91. The Labute approximate surface area is 150 Å². The molecule has 1 aromatic heterocycles. The SMILES string of the molecule is Cc1ncnc(N2CCCC3(CCC(=O)N(C4CCCC4)C3)C2)c1C. The van der Waals surface area contributed by atoms with Crippen molar-refractivity contribution in [1.29, 1.82) is 0 Å². The van der Waals surface area contributed by atoms with Gasteiger partial charge in [-0.2, -0.15) is 0 Å². The lowest BCUT2D eigenvalue weighted by atomic mass is 9.73. The average molecular weight is 342 g/mol. The number of aryl methyl sites for hydroxylation is 1. The van der Waals surface area contributed by atoms with E-state index in [4.69, 9.17) is 0 Å². The average Bonchev–Trinajstić information content (AvgIpc) is 3.14. The Morgan fingerprint density at radius 1 is 1.08 bits per heavy atom. The number of hydrogen-bond donors (Lipinski definition) is 0. The number of anilines is 1. The lowest BCUT2D eigenvalue weighted by Gasteiger charge is -2.50. The predicted octanol–water partition coefficient (Wildman–Crippen LogP) is 3.25. The summed E-state index contributed by atoms with van der Waals surface area (Å²) >= 11 is 0. The fourth-order valence-electron chi connectivity index (χ4n) is 5.16. The molecule has 5 nitrogen and oxygen atoms in total. The van der Waals surface area contributed by atoms with Gasteiger partial charge in [-0.05, 0) is 46.0 Å². The van der Waals surface area contributed by atoms with Crippen LogP contribution in [-0.4, -0.2) is 46.5 Å². The third-order valence-electron chi connectivity index (χ3n) is 6.73. The molecule has 3 fully saturated rings. The summed E-state index contributed by atoms with van der Waals surface area (Å²) in [6.07, 6.45) is 10.9. The second-order valence-electron chi connectivity index (χ2n) is 8.39. The highest BCUT2D eigenvalue weighted by Crippen LogP contribution is 2.42. The summed E-state index contributed by atoms with van der Waals surface area (Å²) in [6, 6.07) is 0.503. The van der Waals surface area contributed by atoms with Crippen LogP contribution < -0.4 is 4.90 Å². The Balaban J connectivity index is 1.55. The van der Waals surface area contributed by atoms with E-state index in [2.05, 4.69) is 33.6 Å². The molecule has 0 bridgehead atoms. The molecule has 1 spiro atoms. The molecule has 1 atom stereocenters. The summed E-state index contributed by atoms with van der Waals surface area (Å²) in [5.41, 5.74) is 2.51. The maximum atomic E-state index is 12.5. The first-order valence-corrected chi connectivity index (χ1v) is 9.91. The standard InChI is InChI=1S/C20H30N4O/c1-15-16(2)21-14-22-19(15)23-11-5-9-20(12-23)10-8-18(25)24(13-20)17-6-3-4-7-17/h14,17H,3-13H2,1-2H3. The molecule has 1 saturated carbocycles. The van der Waals surface area contributed by atoms with Crippen molar-refractivity contribution in [2.75, 3.05) is 24.5 Å². The van der Waals surface area contributed by atoms with Crippen LogP contribution in [-0.2, 0) is 4.79 Å². The number of likely N-dealkylation sites (tertiary alicyclic amines) is 1. The van der Waals surface area contributed by atoms with Gasteiger partial charge in [0, 0.05) is 48.8 Å². The van der Waals surface area contributed by atoms with Crippen LogP contribution in [0.25, 0.3) is 0 Å². The van der Waals surface area contributed by atoms with Crippen LogP contribution in [0.15, 0.2) is 6.33 Å². The van der Waals surface area contributed by atoms with Crippen LogP contribution in [0.3, 0.4) is 0 Å². The van der Waals surface area contributed by atoms with Crippen LogP contribution in [0.1, 0.15) is 62.6 Å². The van der Waals surface area contributed by atoms with E-state index < -0.39 is 0 Å². The number of amides is 1. The van der Waals surface area contributed by atoms with Crippen LogP contribution >= 0.6 is 0 Å². The quantitative estimate of drug-likeness (QED) is 0.828. The normalized spacial score (nSPS) is 28.2. The molecular weight excluding hydrogens is 312 g/mol. The first kappa shape index (κ1) is 16.8. The van der Waals surface area contributed by atoms with Crippen molar-refractivity contribution in [2.45, 2.75) is 71.3 Å². The summed E-state index contributed by atoms with van der Waals surface area (Å²) in [4.78, 5) is 26.2. The van der Waals surface area contributed by atoms with E-state index in [1.807, 2.05) is 0 Å². The summed E-state index contributed by atoms with van der Waals surface area (Å²) in [5, 5.41) is 0. The molecule has 1 unspecified atom stereocenters. The van der Waals surface area contributed by atoms with Gasteiger partial charge >= 0.3 is 0 Å². The van der Waals surface area contributed by atoms with Gasteiger partial charge in [-0.3, -0.25) is 4.79 Å². The van der Waals surface area contributed by atoms with Crippen molar-refractivity contribution in [1.82, 2.24) is 14.9 Å². The van der Waals surface area contributed by atoms with Crippen molar-refractivity contribution in [2.24, 2.45) is 5.41 Å². The molecule has 4 rings (SSSR count). The van der Waals surface area contributed by atoms with Gasteiger partial charge in [0.25, 0.3) is 0 Å². The van der Waals surface area contributed by atoms with Crippen LogP contribution in [0.5, 0.6) is 0 Å². The summed E-state index contributed by atoms with van der Waals surface area (Å²) < 4.78 is 0. The van der Waals surface area contributed by atoms with Gasteiger partial charge in [-0.25, -0.2) is 9.97 Å². The van der Waals surface area contributed by atoms with E-state index in [0.717, 1.165) is 44.0 Å². The van der Waals surface area contributed by atoms with E-state index in [1.54, 1.807) is 6.33 Å². The molecule has 5 heteroatoms. The van der Waals surface area contributed by atoms with E-state index >= 15 is 0 Å². The summed E-state index contributed by atoms with van der Waals surface area (Å²) in [6.45, 7) is 7.23. The number of hydrogen-bond acceptors (Lipinski definition) is 4. The highest BCUT2D eigenvalue weighted by atomic mass is 16.2. The zero-order chi connectivity index (χ0) is 17.4. The Kier molecular flexibility index (Phi) is 4.42. The molecular formula is C20H30N4O. The van der Waals surface area contributed by atoms with Gasteiger partial charge in [0.05, 0.1) is 0 Å².